The van der Waals surface area contributed by atoms with Crippen LogP contribution >= 0.6 is 0 Å². The lowest BCUT2D eigenvalue weighted by atomic mass is 9.77. The van der Waals surface area contributed by atoms with E-state index in [1.807, 2.05) is 0 Å². The summed E-state index contributed by atoms with van der Waals surface area (Å²) in [6, 6.07) is 18.5. The van der Waals surface area contributed by atoms with Crippen molar-refractivity contribution in [1.29, 1.82) is 0 Å². The molecule has 0 unspecified atom stereocenters. The Labute approximate surface area is 162 Å². The maximum atomic E-state index is 2.33. The van der Waals surface area contributed by atoms with Crippen LogP contribution in [0.15, 0.2) is 48.5 Å². The molecule has 0 aliphatic rings. The Kier molecular flexibility index (Phi) is 6.06. The van der Waals surface area contributed by atoms with Gasteiger partial charge in [0.2, 0.25) is 0 Å². The Morgan fingerprint density at radius 2 is 0.962 bits per heavy atom. The zero-order chi connectivity index (χ0) is 19.6. The van der Waals surface area contributed by atoms with Crippen LogP contribution < -0.4 is 0 Å². The molecular formula is C26H38. The van der Waals surface area contributed by atoms with Gasteiger partial charge in [0.1, 0.15) is 0 Å². The van der Waals surface area contributed by atoms with Crippen molar-refractivity contribution in [3.05, 3.63) is 70.8 Å². The highest BCUT2D eigenvalue weighted by molar-refractivity contribution is 5.39. The van der Waals surface area contributed by atoms with E-state index in [-0.39, 0.29) is 5.41 Å². The van der Waals surface area contributed by atoms with E-state index in [1.54, 1.807) is 0 Å². The third-order valence-electron chi connectivity index (χ3n) is 5.25. The summed E-state index contributed by atoms with van der Waals surface area (Å²) in [5, 5.41) is 0. The third kappa shape index (κ3) is 6.01. The van der Waals surface area contributed by atoms with E-state index in [0.29, 0.717) is 10.8 Å². The fourth-order valence-corrected chi connectivity index (χ4v) is 3.43. The van der Waals surface area contributed by atoms with Gasteiger partial charge in [-0.3, -0.25) is 0 Å². The second-order valence-corrected chi connectivity index (χ2v) is 10.8. The number of aryl methyl sites for hydroxylation is 1. The molecule has 2 aromatic rings. The highest BCUT2D eigenvalue weighted by atomic mass is 14.3. The van der Waals surface area contributed by atoms with Crippen LogP contribution in [0.25, 0.3) is 0 Å². The molecule has 0 amide bonds. The predicted octanol–water partition coefficient (Wildman–Crippen LogP) is 7.58. The SMILES string of the molecule is CC(C)(C)CCc1ccc(C(C)(C)c2ccc(CC(C)(C)C)cc2)cc1. The molecule has 0 bridgehead atoms. The molecule has 0 heterocycles. The maximum absolute atomic E-state index is 2.33. The van der Waals surface area contributed by atoms with E-state index in [1.165, 1.54) is 28.7 Å². The van der Waals surface area contributed by atoms with Gasteiger partial charge in [-0.1, -0.05) is 104 Å². The van der Waals surface area contributed by atoms with Gasteiger partial charge in [-0.15, -0.1) is 0 Å². The normalized spacial score (nSPS) is 13.1. The van der Waals surface area contributed by atoms with Crippen molar-refractivity contribution < 1.29 is 0 Å². The Bertz CT molecular complexity index is 686. The first-order valence-corrected chi connectivity index (χ1v) is 10.1. The highest BCUT2D eigenvalue weighted by Gasteiger charge is 2.23. The van der Waals surface area contributed by atoms with E-state index < -0.39 is 0 Å². The summed E-state index contributed by atoms with van der Waals surface area (Å²) < 4.78 is 0. The smallest absolute Gasteiger partial charge is 0.0146 e. The van der Waals surface area contributed by atoms with E-state index in [9.17, 15) is 0 Å². The molecule has 2 rings (SSSR count). The fraction of sp³-hybridized carbons (Fsp3) is 0.538. The molecule has 0 aromatic heterocycles. The van der Waals surface area contributed by atoms with Crippen molar-refractivity contribution in [2.75, 3.05) is 0 Å². The van der Waals surface area contributed by atoms with Crippen molar-refractivity contribution >= 4 is 0 Å². The summed E-state index contributed by atoms with van der Waals surface area (Å²) in [5.74, 6) is 0. The fourth-order valence-electron chi connectivity index (χ4n) is 3.43. The van der Waals surface area contributed by atoms with Gasteiger partial charge < -0.3 is 0 Å². The molecule has 0 fully saturated rings. The quantitative estimate of drug-likeness (QED) is 0.521. The Morgan fingerprint density at radius 1 is 0.538 bits per heavy atom. The van der Waals surface area contributed by atoms with Crippen LogP contribution in [-0.2, 0) is 18.3 Å². The number of hydrogen-bond donors (Lipinski definition) is 0. The van der Waals surface area contributed by atoms with E-state index in [0.717, 1.165) is 12.8 Å². The predicted molar refractivity (Wildman–Crippen MR) is 116 cm³/mol. The molecule has 0 heteroatoms. The van der Waals surface area contributed by atoms with Gasteiger partial charge >= 0.3 is 0 Å². The average molecular weight is 351 g/mol. The molecule has 2 aromatic carbocycles. The zero-order valence-electron chi connectivity index (χ0n) is 18.2. The first-order valence-electron chi connectivity index (χ1n) is 10.1. The van der Waals surface area contributed by atoms with Gasteiger partial charge in [0.25, 0.3) is 0 Å². The third-order valence-corrected chi connectivity index (χ3v) is 5.25. The maximum Gasteiger partial charge on any atom is 0.0146 e. The van der Waals surface area contributed by atoms with E-state index >= 15 is 0 Å². The highest BCUT2D eigenvalue weighted by Crippen LogP contribution is 2.33. The number of benzene rings is 2. The van der Waals surface area contributed by atoms with Gasteiger partial charge in [0, 0.05) is 5.41 Å². The average Bonchev–Trinajstić information content (AvgIpc) is 2.52. The zero-order valence-corrected chi connectivity index (χ0v) is 18.2. The van der Waals surface area contributed by atoms with E-state index in [4.69, 9.17) is 0 Å². The number of rotatable bonds is 5. The van der Waals surface area contributed by atoms with Crippen LogP contribution in [0.4, 0.5) is 0 Å². The monoisotopic (exact) mass is 350 g/mol. The summed E-state index contributed by atoms with van der Waals surface area (Å²) in [6.07, 6.45) is 3.51. The molecule has 142 valence electrons. The van der Waals surface area contributed by atoms with Crippen LogP contribution in [-0.4, -0.2) is 0 Å². The van der Waals surface area contributed by atoms with Gasteiger partial charge in [-0.25, -0.2) is 0 Å². The molecule has 0 aliphatic carbocycles. The lowest BCUT2D eigenvalue weighted by molar-refractivity contribution is 0.378. The molecule has 0 aliphatic heterocycles. The van der Waals surface area contributed by atoms with Crippen molar-refractivity contribution in [2.45, 2.75) is 80.1 Å². The van der Waals surface area contributed by atoms with Crippen molar-refractivity contribution in [3.63, 3.8) is 0 Å². The summed E-state index contributed by atoms with van der Waals surface area (Å²) in [7, 11) is 0. The first-order chi connectivity index (χ1) is 11.9. The molecule has 0 atom stereocenters. The van der Waals surface area contributed by atoms with Gasteiger partial charge in [0.15, 0.2) is 0 Å². The van der Waals surface area contributed by atoms with Crippen LogP contribution in [0.3, 0.4) is 0 Å². The van der Waals surface area contributed by atoms with Gasteiger partial charge in [-0.05, 0) is 52.3 Å². The summed E-state index contributed by atoms with van der Waals surface area (Å²) in [6.45, 7) is 18.5. The standard InChI is InChI=1S/C26H38/c1-24(2,3)18-17-20-9-13-22(14-10-20)26(7,8)23-15-11-21(12-16-23)19-25(4,5)6/h9-16H,17-19H2,1-8H3. The lowest BCUT2D eigenvalue weighted by Crippen LogP contribution is -2.19. The molecular weight excluding hydrogens is 312 g/mol. The second-order valence-electron chi connectivity index (χ2n) is 10.8. The summed E-state index contributed by atoms with van der Waals surface area (Å²) in [5.41, 5.74) is 6.41. The largest absolute Gasteiger partial charge is 0.0602 e. The minimum Gasteiger partial charge on any atom is -0.0602 e. The molecule has 0 radical (unpaired) electrons. The minimum atomic E-state index is 0.0306. The summed E-state index contributed by atoms with van der Waals surface area (Å²) in [4.78, 5) is 0. The van der Waals surface area contributed by atoms with Crippen LogP contribution in [0.5, 0.6) is 0 Å². The molecule has 0 N–H and O–H groups in total. The lowest BCUT2D eigenvalue weighted by Gasteiger charge is -2.27. The second kappa shape index (κ2) is 7.59. The molecule has 0 saturated carbocycles. The topological polar surface area (TPSA) is 0 Å². The van der Waals surface area contributed by atoms with Crippen molar-refractivity contribution in [1.82, 2.24) is 0 Å². The summed E-state index contributed by atoms with van der Waals surface area (Å²) >= 11 is 0. The molecule has 0 nitrogen and oxygen atoms in total. The Hall–Kier alpha value is -1.56. The Balaban J connectivity index is 2.13. The van der Waals surface area contributed by atoms with Crippen molar-refractivity contribution in [3.8, 4) is 0 Å². The van der Waals surface area contributed by atoms with E-state index in [2.05, 4.69) is 104 Å². The minimum absolute atomic E-state index is 0.0306. The van der Waals surface area contributed by atoms with Crippen molar-refractivity contribution in [2.24, 2.45) is 10.8 Å². The van der Waals surface area contributed by atoms with Gasteiger partial charge in [-0.2, -0.15) is 0 Å². The van der Waals surface area contributed by atoms with Crippen LogP contribution in [0.2, 0.25) is 0 Å². The number of hydrogen-bond acceptors (Lipinski definition) is 0. The molecule has 26 heavy (non-hydrogen) atoms. The van der Waals surface area contributed by atoms with Crippen LogP contribution in [0, 0.1) is 10.8 Å². The molecule has 0 spiro atoms. The van der Waals surface area contributed by atoms with Crippen LogP contribution in [0.1, 0.15) is 84.1 Å². The molecule has 0 saturated heterocycles. The first kappa shape index (κ1) is 20.7. The van der Waals surface area contributed by atoms with Gasteiger partial charge in [0.05, 0.1) is 0 Å². The Morgan fingerprint density at radius 3 is 1.35 bits per heavy atom.